The SMILES string of the molecule is CCC(C)c1ccc(S(=O)(=O)N2CCN(C(=O)c3cc4ccccc4o3)CC2)cc1. The van der Waals surface area contributed by atoms with E-state index in [0.29, 0.717) is 29.5 Å². The molecule has 1 aliphatic heterocycles. The number of benzene rings is 2. The first-order valence-corrected chi connectivity index (χ1v) is 11.7. The van der Waals surface area contributed by atoms with E-state index in [-0.39, 0.29) is 24.8 Å². The zero-order valence-electron chi connectivity index (χ0n) is 17.2. The van der Waals surface area contributed by atoms with Gasteiger partial charge in [-0.1, -0.05) is 44.2 Å². The predicted octanol–water partition coefficient (Wildman–Crippen LogP) is 4.09. The molecular weight excluding hydrogens is 400 g/mol. The van der Waals surface area contributed by atoms with E-state index in [0.717, 1.165) is 17.4 Å². The van der Waals surface area contributed by atoms with Crippen LogP contribution in [0.25, 0.3) is 11.0 Å². The van der Waals surface area contributed by atoms with Crippen LogP contribution < -0.4 is 0 Å². The second-order valence-corrected chi connectivity index (χ2v) is 9.66. The Balaban J connectivity index is 1.43. The molecule has 0 spiro atoms. The van der Waals surface area contributed by atoms with Crippen LogP contribution in [0.15, 0.2) is 63.9 Å². The van der Waals surface area contributed by atoms with Crippen LogP contribution in [0.3, 0.4) is 0 Å². The Morgan fingerprint density at radius 1 is 1.03 bits per heavy atom. The molecule has 4 rings (SSSR count). The van der Waals surface area contributed by atoms with E-state index in [1.54, 1.807) is 23.1 Å². The fraction of sp³-hybridized carbons (Fsp3) is 0.348. The normalized spacial score (nSPS) is 16.7. The minimum Gasteiger partial charge on any atom is -0.451 e. The lowest BCUT2D eigenvalue weighted by Gasteiger charge is -2.33. The van der Waals surface area contributed by atoms with Crippen molar-refractivity contribution in [2.24, 2.45) is 0 Å². The van der Waals surface area contributed by atoms with E-state index in [1.165, 1.54) is 4.31 Å². The number of amides is 1. The van der Waals surface area contributed by atoms with Gasteiger partial charge < -0.3 is 9.32 Å². The Hall–Kier alpha value is -2.64. The third-order valence-corrected chi connectivity index (χ3v) is 7.77. The van der Waals surface area contributed by atoms with Crippen molar-refractivity contribution in [1.82, 2.24) is 9.21 Å². The van der Waals surface area contributed by atoms with Gasteiger partial charge in [0.1, 0.15) is 5.58 Å². The van der Waals surface area contributed by atoms with Crippen molar-refractivity contribution in [2.75, 3.05) is 26.2 Å². The Bertz CT molecular complexity index is 1110. The van der Waals surface area contributed by atoms with Crippen LogP contribution in [0.2, 0.25) is 0 Å². The van der Waals surface area contributed by atoms with E-state index < -0.39 is 10.0 Å². The fourth-order valence-electron chi connectivity index (χ4n) is 3.73. The fourth-order valence-corrected chi connectivity index (χ4v) is 5.15. The molecule has 0 bridgehead atoms. The Morgan fingerprint density at radius 3 is 2.33 bits per heavy atom. The number of hydrogen-bond acceptors (Lipinski definition) is 4. The number of nitrogens with zero attached hydrogens (tertiary/aromatic N) is 2. The molecule has 0 saturated carbocycles. The van der Waals surface area contributed by atoms with E-state index in [2.05, 4.69) is 13.8 Å². The van der Waals surface area contributed by atoms with Gasteiger partial charge in [-0.05, 0) is 42.2 Å². The van der Waals surface area contributed by atoms with Crippen molar-refractivity contribution >= 4 is 26.9 Å². The number of carbonyl (C=O) groups excluding carboxylic acids is 1. The largest absolute Gasteiger partial charge is 0.451 e. The van der Waals surface area contributed by atoms with Gasteiger partial charge in [0, 0.05) is 31.6 Å². The van der Waals surface area contributed by atoms with Gasteiger partial charge in [0.15, 0.2) is 5.76 Å². The summed E-state index contributed by atoms with van der Waals surface area (Å²) in [5.41, 5.74) is 1.81. The van der Waals surface area contributed by atoms with E-state index in [4.69, 9.17) is 4.42 Å². The maximum Gasteiger partial charge on any atom is 0.289 e. The highest BCUT2D eigenvalue weighted by Crippen LogP contribution is 2.24. The van der Waals surface area contributed by atoms with Gasteiger partial charge in [0.05, 0.1) is 4.90 Å². The van der Waals surface area contributed by atoms with Gasteiger partial charge in [0.25, 0.3) is 5.91 Å². The zero-order valence-corrected chi connectivity index (χ0v) is 18.1. The van der Waals surface area contributed by atoms with Crippen molar-refractivity contribution in [2.45, 2.75) is 31.1 Å². The highest BCUT2D eigenvalue weighted by molar-refractivity contribution is 7.89. The topological polar surface area (TPSA) is 70.8 Å². The maximum absolute atomic E-state index is 13.0. The summed E-state index contributed by atoms with van der Waals surface area (Å²) < 4.78 is 33.1. The number of rotatable bonds is 5. The van der Waals surface area contributed by atoms with Gasteiger partial charge in [-0.2, -0.15) is 4.31 Å². The van der Waals surface area contributed by atoms with Crippen molar-refractivity contribution < 1.29 is 17.6 Å². The summed E-state index contributed by atoms with van der Waals surface area (Å²) in [5.74, 6) is 0.476. The lowest BCUT2D eigenvalue weighted by molar-refractivity contribution is 0.0668. The van der Waals surface area contributed by atoms with Crippen LogP contribution >= 0.6 is 0 Å². The number of furan rings is 1. The van der Waals surface area contributed by atoms with E-state index in [1.807, 2.05) is 36.4 Å². The smallest absolute Gasteiger partial charge is 0.289 e. The van der Waals surface area contributed by atoms with E-state index >= 15 is 0 Å². The van der Waals surface area contributed by atoms with Gasteiger partial charge >= 0.3 is 0 Å². The Labute approximate surface area is 177 Å². The minimum absolute atomic E-state index is 0.207. The average Bonchev–Trinajstić information content (AvgIpc) is 3.22. The lowest BCUT2D eigenvalue weighted by atomic mass is 9.99. The molecule has 1 unspecified atom stereocenters. The van der Waals surface area contributed by atoms with Crippen molar-refractivity contribution in [1.29, 1.82) is 0 Å². The van der Waals surface area contributed by atoms with Crippen LogP contribution in [0.1, 0.15) is 42.3 Å². The summed E-state index contributed by atoms with van der Waals surface area (Å²) >= 11 is 0. The highest BCUT2D eigenvalue weighted by Gasteiger charge is 2.31. The van der Waals surface area contributed by atoms with Crippen molar-refractivity contribution in [3.63, 3.8) is 0 Å². The molecule has 1 saturated heterocycles. The molecule has 30 heavy (non-hydrogen) atoms. The van der Waals surface area contributed by atoms with Crippen LogP contribution in [0.5, 0.6) is 0 Å². The summed E-state index contributed by atoms with van der Waals surface area (Å²) in [4.78, 5) is 14.7. The summed E-state index contributed by atoms with van der Waals surface area (Å²) in [6.45, 7) is 5.44. The second-order valence-electron chi connectivity index (χ2n) is 7.72. The summed E-state index contributed by atoms with van der Waals surface area (Å²) in [5, 5.41) is 0.878. The Kier molecular flexibility index (Phi) is 5.66. The van der Waals surface area contributed by atoms with Gasteiger partial charge in [-0.3, -0.25) is 4.79 Å². The lowest BCUT2D eigenvalue weighted by Crippen LogP contribution is -2.50. The average molecular weight is 427 g/mol. The Morgan fingerprint density at radius 2 is 1.70 bits per heavy atom. The first kappa shape index (κ1) is 20.6. The number of fused-ring (bicyclic) bond motifs is 1. The van der Waals surface area contributed by atoms with Gasteiger partial charge in [-0.15, -0.1) is 0 Å². The van der Waals surface area contributed by atoms with Gasteiger partial charge in [-0.25, -0.2) is 8.42 Å². The molecule has 1 aliphatic rings. The molecule has 0 aliphatic carbocycles. The molecule has 1 atom stereocenters. The molecule has 1 amide bonds. The molecule has 7 heteroatoms. The quantitative estimate of drug-likeness (QED) is 0.616. The van der Waals surface area contributed by atoms with E-state index in [9.17, 15) is 13.2 Å². The molecule has 2 heterocycles. The summed E-state index contributed by atoms with van der Waals surface area (Å²) in [6.07, 6.45) is 1.01. The summed E-state index contributed by atoms with van der Waals surface area (Å²) in [6, 6.07) is 16.4. The monoisotopic (exact) mass is 426 g/mol. The molecule has 0 radical (unpaired) electrons. The first-order chi connectivity index (χ1) is 14.4. The molecule has 2 aromatic carbocycles. The van der Waals surface area contributed by atoms with Gasteiger partial charge in [0.2, 0.25) is 10.0 Å². The molecule has 158 valence electrons. The third-order valence-electron chi connectivity index (χ3n) is 5.86. The number of carbonyl (C=O) groups is 1. The highest BCUT2D eigenvalue weighted by atomic mass is 32.2. The third kappa shape index (κ3) is 3.87. The molecule has 1 fully saturated rings. The maximum atomic E-state index is 13.0. The first-order valence-electron chi connectivity index (χ1n) is 10.3. The summed E-state index contributed by atoms with van der Waals surface area (Å²) in [7, 11) is -3.57. The predicted molar refractivity (Wildman–Crippen MR) is 116 cm³/mol. The van der Waals surface area contributed by atoms with Crippen molar-refractivity contribution in [3.8, 4) is 0 Å². The minimum atomic E-state index is -3.57. The van der Waals surface area contributed by atoms with Crippen LogP contribution in [-0.4, -0.2) is 49.7 Å². The molecule has 6 nitrogen and oxygen atoms in total. The molecule has 0 N–H and O–H groups in total. The van der Waals surface area contributed by atoms with Crippen LogP contribution in [0.4, 0.5) is 0 Å². The zero-order chi connectivity index (χ0) is 21.3. The standard InChI is InChI=1S/C23H26N2O4S/c1-3-17(2)18-8-10-20(11-9-18)30(27,28)25-14-12-24(13-15-25)23(26)22-16-19-6-4-5-7-21(19)29-22/h4-11,16-17H,3,12-15H2,1-2H3. The van der Waals surface area contributed by atoms with Crippen LogP contribution in [0, 0.1) is 0 Å². The number of sulfonamides is 1. The number of hydrogen-bond donors (Lipinski definition) is 0. The number of para-hydroxylation sites is 1. The molecular formula is C23H26N2O4S. The van der Waals surface area contributed by atoms with Crippen molar-refractivity contribution in [3.05, 3.63) is 65.9 Å². The van der Waals surface area contributed by atoms with Crippen LogP contribution in [-0.2, 0) is 10.0 Å². The second kappa shape index (κ2) is 8.24. The molecule has 3 aromatic rings. The number of piperazine rings is 1. The molecule has 1 aromatic heterocycles.